The maximum Gasteiger partial charge on any atom is 0.407 e. The Hall–Kier alpha value is -3.35. The molecular formula is C26H28N2O5. The van der Waals surface area contributed by atoms with Crippen LogP contribution in [0.25, 0.3) is 11.1 Å². The largest absolute Gasteiger partial charge is 0.481 e. The lowest BCUT2D eigenvalue weighted by atomic mass is 9.63. The van der Waals surface area contributed by atoms with Crippen molar-refractivity contribution in [3.8, 4) is 11.1 Å². The molecule has 2 aromatic rings. The Morgan fingerprint density at radius 1 is 1.09 bits per heavy atom. The van der Waals surface area contributed by atoms with Gasteiger partial charge in [0.15, 0.2) is 0 Å². The molecular weight excluding hydrogens is 420 g/mol. The smallest absolute Gasteiger partial charge is 0.407 e. The maximum absolute atomic E-state index is 12.9. The Balaban J connectivity index is 1.20. The van der Waals surface area contributed by atoms with E-state index >= 15 is 0 Å². The van der Waals surface area contributed by atoms with Gasteiger partial charge >= 0.3 is 12.1 Å². The molecule has 0 bridgehead atoms. The van der Waals surface area contributed by atoms with Gasteiger partial charge in [-0.15, -0.1) is 0 Å². The first-order valence-corrected chi connectivity index (χ1v) is 11.5. The van der Waals surface area contributed by atoms with E-state index in [2.05, 4.69) is 29.6 Å². The molecule has 1 spiro atoms. The lowest BCUT2D eigenvalue weighted by molar-refractivity contribution is -0.146. The van der Waals surface area contributed by atoms with E-state index in [0.29, 0.717) is 6.54 Å². The molecule has 2 amide bonds. The maximum atomic E-state index is 12.9. The molecule has 5 rings (SSSR count). The zero-order valence-corrected chi connectivity index (χ0v) is 18.6. The number of carboxylic acids is 1. The summed E-state index contributed by atoms with van der Waals surface area (Å²) in [5.74, 6) is -1.69. The third-order valence-corrected chi connectivity index (χ3v) is 7.66. The predicted molar refractivity (Wildman–Crippen MR) is 122 cm³/mol. The van der Waals surface area contributed by atoms with Gasteiger partial charge in [-0.1, -0.05) is 55.0 Å². The van der Waals surface area contributed by atoms with E-state index in [0.717, 1.165) is 41.5 Å². The first kappa shape index (κ1) is 21.5. The topological polar surface area (TPSA) is 95.9 Å². The minimum Gasteiger partial charge on any atom is -0.481 e. The van der Waals surface area contributed by atoms with Crippen LogP contribution in [0.2, 0.25) is 0 Å². The van der Waals surface area contributed by atoms with Crippen molar-refractivity contribution in [1.82, 2.24) is 10.2 Å². The van der Waals surface area contributed by atoms with E-state index in [1.54, 1.807) is 11.8 Å². The van der Waals surface area contributed by atoms with Crippen molar-refractivity contribution in [2.24, 2.45) is 11.3 Å². The number of hydrogen-bond acceptors (Lipinski definition) is 4. The van der Waals surface area contributed by atoms with Crippen LogP contribution in [0.15, 0.2) is 48.5 Å². The number of alkyl carbamates (subject to hydrolysis) is 1. The van der Waals surface area contributed by atoms with Gasteiger partial charge in [-0.25, -0.2) is 4.79 Å². The first-order chi connectivity index (χ1) is 15.9. The van der Waals surface area contributed by atoms with Crippen LogP contribution in [-0.4, -0.2) is 53.7 Å². The van der Waals surface area contributed by atoms with Gasteiger partial charge in [-0.3, -0.25) is 9.59 Å². The van der Waals surface area contributed by atoms with Crippen LogP contribution in [0.5, 0.6) is 0 Å². The molecule has 1 unspecified atom stereocenters. The van der Waals surface area contributed by atoms with Gasteiger partial charge in [0.05, 0.1) is 5.92 Å². The third-order valence-electron chi connectivity index (χ3n) is 7.66. The number of likely N-dealkylation sites (tertiary alicyclic amines) is 1. The Kier molecular flexibility index (Phi) is 5.35. The molecule has 7 nitrogen and oxygen atoms in total. The summed E-state index contributed by atoms with van der Waals surface area (Å²) in [5, 5.41) is 12.2. The Morgan fingerprint density at radius 3 is 2.21 bits per heavy atom. The molecule has 172 valence electrons. The number of fused-ring (bicyclic) bond motifs is 3. The van der Waals surface area contributed by atoms with E-state index in [-0.39, 0.29) is 30.4 Å². The molecule has 3 aliphatic rings. The van der Waals surface area contributed by atoms with Gasteiger partial charge in [-0.2, -0.15) is 0 Å². The molecule has 7 heteroatoms. The summed E-state index contributed by atoms with van der Waals surface area (Å²) in [6.45, 7) is 2.43. The Bertz CT molecular complexity index is 1060. The highest BCUT2D eigenvalue weighted by molar-refractivity contribution is 5.87. The molecule has 1 saturated carbocycles. The second-order valence-corrected chi connectivity index (χ2v) is 9.52. The molecule has 2 aliphatic carbocycles. The van der Waals surface area contributed by atoms with Crippen molar-refractivity contribution in [2.45, 2.75) is 38.1 Å². The minimum absolute atomic E-state index is 0.0532. The number of amides is 2. The molecule has 0 radical (unpaired) electrons. The summed E-state index contributed by atoms with van der Waals surface area (Å²) in [4.78, 5) is 38.7. The zero-order chi connectivity index (χ0) is 23.2. The SMILES string of the molecule is C[C@H](NC(=O)OCC1c2ccccc2-c2ccccc21)C(=O)N1CC(C(=O)O)C2(CCC2)C1. The molecule has 2 fully saturated rings. The van der Waals surface area contributed by atoms with Crippen molar-refractivity contribution in [1.29, 1.82) is 0 Å². The van der Waals surface area contributed by atoms with Crippen molar-refractivity contribution in [2.75, 3.05) is 19.7 Å². The normalized spacial score (nSPS) is 21.1. The number of carbonyl (C=O) groups excluding carboxylic acids is 2. The highest BCUT2D eigenvalue weighted by Crippen LogP contribution is 2.51. The minimum atomic E-state index is -0.845. The fraction of sp³-hybridized carbons (Fsp3) is 0.423. The molecule has 1 heterocycles. The van der Waals surface area contributed by atoms with Gasteiger partial charge in [0.25, 0.3) is 0 Å². The number of benzene rings is 2. The van der Waals surface area contributed by atoms with Crippen LogP contribution in [0.3, 0.4) is 0 Å². The predicted octanol–water partition coefficient (Wildman–Crippen LogP) is 3.63. The number of ether oxygens (including phenoxy) is 1. The summed E-state index contributed by atoms with van der Waals surface area (Å²) < 4.78 is 5.54. The van der Waals surface area contributed by atoms with E-state index in [4.69, 9.17) is 4.74 Å². The van der Waals surface area contributed by atoms with Crippen LogP contribution < -0.4 is 5.32 Å². The van der Waals surface area contributed by atoms with Crippen molar-refractivity contribution < 1.29 is 24.2 Å². The van der Waals surface area contributed by atoms with Crippen molar-refractivity contribution in [3.63, 3.8) is 0 Å². The number of carboxylic acid groups (broad SMARTS) is 1. The molecule has 2 aromatic carbocycles. The molecule has 1 saturated heterocycles. The summed E-state index contributed by atoms with van der Waals surface area (Å²) in [5.41, 5.74) is 4.25. The van der Waals surface area contributed by atoms with Crippen LogP contribution in [0, 0.1) is 11.3 Å². The van der Waals surface area contributed by atoms with E-state index in [1.165, 1.54) is 0 Å². The average molecular weight is 449 g/mol. The van der Waals surface area contributed by atoms with E-state index in [1.807, 2.05) is 24.3 Å². The van der Waals surface area contributed by atoms with E-state index < -0.39 is 24.0 Å². The highest BCUT2D eigenvalue weighted by Gasteiger charge is 2.54. The summed E-state index contributed by atoms with van der Waals surface area (Å²) in [6.07, 6.45) is 2.02. The highest BCUT2D eigenvalue weighted by atomic mass is 16.5. The second-order valence-electron chi connectivity index (χ2n) is 9.52. The van der Waals surface area contributed by atoms with Gasteiger partial charge in [0, 0.05) is 24.4 Å². The third kappa shape index (κ3) is 3.65. The number of hydrogen-bond donors (Lipinski definition) is 2. The fourth-order valence-electron chi connectivity index (χ4n) is 5.77. The molecule has 1 aliphatic heterocycles. The summed E-state index contributed by atoms with van der Waals surface area (Å²) in [6, 6.07) is 15.4. The second kappa shape index (κ2) is 8.21. The standard InChI is InChI=1S/C26H28N2O5/c1-16(23(29)28-13-22(24(30)31)26(15-28)11-6-12-26)27-25(32)33-14-21-19-9-4-2-7-17(19)18-8-3-5-10-20(18)21/h2-5,7-10,16,21-22H,6,11-15H2,1H3,(H,27,32)(H,30,31)/t16-,22?/m0/s1. The lowest BCUT2D eigenvalue weighted by Crippen LogP contribution is -2.47. The van der Waals surface area contributed by atoms with Gasteiger partial charge in [-0.05, 0) is 42.0 Å². The number of rotatable bonds is 5. The van der Waals surface area contributed by atoms with Gasteiger partial charge in [0.1, 0.15) is 12.6 Å². The van der Waals surface area contributed by atoms with Gasteiger partial charge in [0.2, 0.25) is 5.91 Å². The van der Waals surface area contributed by atoms with Crippen molar-refractivity contribution >= 4 is 18.0 Å². The Labute approximate surface area is 192 Å². The van der Waals surface area contributed by atoms with Crippen LogP contribution in [0.1, 0.15) is 43.2 Å². The molecule has 33 heavy (non-hydrogen) atoms. The van der Waals surface area contributed by atoms with E-state index in [9.17, 15) is 19.5 Å². The monoisotopic (exact) mass is 448 g/mol. The van der Waals surface area contributed by atoms with Crippen LogP contribution in [-0.2, 0) is 14.3 Å². The molecule has 2 N–H and O–H groups in total. The average Bonchev–Trinajstić information content (AvgIpc) is 3.35. The van der Waals surface area contributed by atoms with Gasteiger partial charge < -0.3 is 20.1 Å². The first-order valence-electron chi connectivity index (χ1n) is 11.5. The lowest BCUT2D eigenvalue weighted by Gasteiger charge is -2.41. The summed E-state index contributed by atoms with van der Waals surface area (Å²) >= 11 is 0. The number of carbonyl (C=O) groups is 3. The van der Waals surface area contributed by atoms with Crippen LogP contribution in [0.4, 0.5) is 4.79 Å². The quantitative estimate of drug-likeness (QED) is 0.728. The van der Waals surface area contributed by atoms with Crippen molar-refractivity contribution in [3.05, 3.63) is 59.7 Å². The zero-order valence-electron chi connectivity index (χ0n) is 18.6. The molecule has 0 aromatic heterocycles. The summed E-state index contributed by atoms with van der Waals surface area (Å²) in [7, 11) is 0. The molecule has 2 atom stereocenters. The van der Waals surface area contributed by atoms with Crippen LogP contribution >= 0.6 is 0 Å². The fourth-order valence-corrected chi connectivity index (χ4v) is 5.77. The number of nitrogens with one attached hydrogen (secondary N) is 1. The number of nitrogens with zero attached hydrogens (tertiary/aromatic N) is 1. The number of aliphatic carboxylic acids is 1. The Morgan fingerprint density at radius 2 is 1.70 bits per heavy atom.